The Hall–Kier alpha value is -1.51. The summed E-state index contributed by atoms with van der Waals surface area (Å²) < 4.78 is 21.5. The Morgan fingerprint density at radius 1 is 1.28 bits per heavy atom. The normalized spacial score (nSPS) is 17.8. The van der Waals surface area contributed by atoms with Gasteiger partial charge in [0.2, 0.25) is 5.91 Å². The fraction of sp³-hybridized carbons (Fsp3) is 0.524. The van der Waals surface area contributed by atoms with E-state index >= 15 is 0 Å². The van der Waals surface area contributed by atoms with Crippen LogP contribution in [-0.4, -0.2) is 36.9 Å². The summed E-state index contributed by atoms with van der Waals surface area (Å²) in [6.07, 6.45) is 2.39. The van der Waals surface area contributed by atoms with E-state index in [2.05, 4.69) is 40.7 Å². The SMILES string of the molecule is C[Si](C)(C)CCOCn1nc(Br)cc1N1CCCC(Cc2ccc(F)cc2)C1=O. The summed E-state index contributed by atoms with van der Waals surface area (Å²) in [6.45, 7) is 8.66. The molecule has 0 spiro atoms. The molecule has 158 valence electrons. The third-order valence-electron chi connectivity index (χ3n) is 5.16. The maximum atomic E-state index is 13.2. The molecule has 0 bridgehead atoms. The molecule has 1 aliphatic rings. The summed E-state index contributed by atoms with van der Waals surface area (Å²) >= 11 is 3.43. The van der Waals surface area contributed by atoms with Crippen LogP contribution in [-0.2, 0) is 22.7 Å². The molecule has 1 aromatic carbocycles. The van der Waals surface area contributed by atoms with Crippen molar-refractivity contribution >= 4 is 35.7 Å². The Morgan fingerprint density at radius 3 is 2.69 bits per heavy atom. The van der Waals surface area contributed by atoms with Crippen molar-refractivity contribution in [2.24, 2.45) is 5.92 Å². The lowest BCUT2D eigenvalue weighted by molar-refractivity contribution is -0.123. The average Bonchev–Trinajstić information content (AvgIpc) is 3.02. The molecular formula is C21H29BrFN3O2Si. The number of carbonyl (C=O) groups excluding carboxylic acids is 1. The van der Waals surface area contributed by atoms with Crippen molar-refractivity contribution < 1.29 is 13.9 Å². The van der Waals surface area contributed by atoms with Gasteiger partial charge >= 0.3 is 0 Å². The monoisotopic (exact) mass is 481 g/mol. The number of hydrogen-bond donors (Lipinski definition) is 0. The average molecular weight is 482 g/mol. The van der Waals surface area contributed by atoms with Gasteiger partial charge in [0.05, 0.1) is 0 Å². The first kappa shape index (κ1) is 22.2. The van der Waals surface area contributed by atoms with Gasteiger partial charge in [-0.25, -0.2) is 9.07 Å². The van der Waals surface area contributed by atoms with E-state index < -0.39 is 8.07 Å². The number of rotatable bonds is 8. The van der Waals surface area contributed by atoms with Gasteiger partial charge in [-0.15, -0.1) is 0 Å². The van der Waals surface area contributed by atoms with Gasteiger partial charge in [-0.2, -0.15) is 5.10 Å². The molecule has 0 N–H and O–H groups in total. The highest BCUT2D eigenvalue weighted by Gasteiger charge is 2.31. The lowest BCUT2D eigenvalue weighted by atomic mass is 9.90. The van der Waals surface area contributed by atoms with E-state index in [-0.39, 0.29) is 17.6 Å². The Labute approximate surface area is 181 Å². The summed E-state index contributed by atoms with van der Waals surface area (Å²) in [5, 5.41) is 4.46. The fourth-order valence-corrected chi connectivity index (χ4v) is 4.64. The van der Waals surface area contributed by atoms with Crippen molar-refractivity contribution in [3.63, 3.8) is 0 Å². The van der Waals surface area contributed by atoms with Crippen molar-refractivity contribution in [3.05, 3.63) is 46.3 Å². The van der Waals surface area contributed by atoms with E-state index in [0.717, 1.165) is 30.3 Å². The summed E-state index contributed by atoms with van der Waals surface area (Å²) in [7, 11) is -1.15. The highest BCUT2D eigenvalue weighted by molar-refractivity contribution is 9.10. The molecule has 0 saturated carbocycles. The second kappa shape index (κ2) is 9.53. The lowest BCUT2D eigenvalue weighted by Gasteiger charge is -2.32. The molecule has 2 aromatic rings. The molecule has 1 aromatic heterocycles. The first-order valence-corrected chi connectivity index (χ1v) is 14.6. The van der Waals surface area contributed by atoms with Gasteiger partial charge in [0, 0.05) is 33.2 Å². The minimum atomic E-state index is -1.15. The highest BCUT2D eigenvalue weighted by Crippen LogP contribution is 2.29. The second-order valence-electron chi connectivity index (χ2n) is 8.83. The number of aromatic nitrogens is 2. The molecule has 1 saturated heterocycles. The third kappa shape index (κ3) is 6.23. The molecular weight excluding hydrogens is 453 g/mol. The molecule has 1 aliphatic heterocycles. The molecule has 29 heavy (non-hydrogen) atoms. The number of hydrogen-bond acceptors (Lipinski definition) is 3. The summed E-state index contributed by atoms with van der Waals surface area (Å²) in [6, 6.07) is 9.38. The molecule has 0 radical (unpaired) electrons. The van der Waals surface area contributed by atoms with Crippen molar-refractivity contribution in [2.45, 2.75) is 51.7 Å². The van der Waals surface area contributed by atoms with Crippen LogP contribution in [0.5, 0.6) is 0 Å². The molecule has 0 aliphatic carbocycles. The van der Waals surface area contributed by atoms with Crippen molar-refractivity contribution in [3.8, 4) is 0 Å². The molecule has 1 amide bonds. The smallest absolute Gasteiger partial charge is 0.231 e. The minimum absolute atomic E-state index is 0.0938. The van der Waals surface area contributed by atoms with Gasteiger partial charge < -0.3 is 4.74 Å². The Kier molecular flexibility index (Phi) is 7.29. The minimum Gasteiger partial charge on any atom is -0.359 e. The van der Waals surface area contributed by atoms with Crippen LogP contribution >= 0.6 is 15.9 Å². The van der Waals surface area contributed by atoms with Crippen LogP contribution in [0.2, 0.25) is 25.7 Å². The second-order valence-corrected chi connectivity index (χ2v) is 15.3. The molecule has 1 unspecified atom stereocenters. The van der Waals surface area contributed by atoms with Crippen LogP contribution < -0.4 is 4.90 Å². The number of nitrogens with zero attached hydrogens (tertiary/aromatic N) is 3. The zero-order chi connectivity index (χ0) is 21.0. The van der Waals surface area contributed by atoms with E-state index in [0.29, 0.717) is 30.9 Å². The number of amides is 1. The molecule has 1 fully saturated rings. The molecule has 5 nitrogen and oxygen atoms in total. The summed E-state index contributed by atoms with van der Waals surface area (Å²) in [5.74, 6) is 0.493. The van der Waals surface area contributed by atoms with Gasteiger partial charge in [0.1, 0.15) is 23.0 Å². The number of benzene rings is 1. The van der Waals surface area contributed by atoms with Crippen molar-refractivity contribution in [2.75, 3.05) is 18.1 Å². The van der Waals surface area contributed by atoms with Crippen LogP contribution in [0.4, 0.5) is 10.2 Å². The number of anilines is 1. The molecule has 8 heteroatoms. The molecule has 1 atom stereocenters. The summed E-state index contributed by atoms with van der Waals surface area (Å²) in [5.41, 5.74) is 0.982. The third-order valence-corrected chi connectivity index (χ3v) is 7.25. The zero-order valence-corrected chi connectivity index (χ0v) is 19.9. The quantitative estimate of drug-likeness (QED) is 0.389. The zero-order valence-electron chi connectivity index (χ0n) is 17.3. The Balaban J connectivity index is 1.67. The van der Waals surface area contributed by atoms with E-state index in [4.69, 9.17) is 4.74 Å². The molecule has 3 rings (SSSR count). The Morgan fingerprint density at radius 2 is 2.00 bits per heavy atom. The van der Waals surface area contributed by atoms with E-state index in [1.54, 1.807) is 16.8 Å². The van der Waals surface area contributed by atoms with Crippen LogP contribution in [0.15, 0.2) is 34.9 Å². The van der Waals surface area contributed by atoms with E-state index in [1.807, 2.05) is 11.0 Å². The van der Waals surface area contributed by atoms with Crippen molar-refractivity contribution in [1.82, 2.24) is 9.78 Å². The van der Waals surface area contributed by atoms with Gasteiger partial charge in [-0.3, -0.25) is 9.69 Å². The summed E-state index contributed by atoms with van der Waals surface area (Å²) in [4.78, 5) is 15.0. The van der Waals surface area contributed by atoms with E-state index in [9.17, 15) is 9.18 Å². The number of carbonyl (C=O) groups is 1. The van der Waals surface area contributed by atoms with Crippen LogP contribution in [0.1, 0.15) is 18.4 Å². The highest BCUT2D eigenvalue weighted by atomic mass is 79.9. The first-order valence-electron chi connectivity index (χ1n) is 10.1. The standard InChI is InChI=1S/C21H29BrFN3O2Si/c1-29(2,3)12-11-28-15-26-20(14-19(22)24-26)25-10-4-5-17(21(25)27)13-16-6-8-18(23)9-7-16/h6-9,14,17H,4-5,10-13,15H2,1-3H3. The number of ether oxygens (including phenoxy) is 1. The maximum Gasteiger partial charge on any atom is 0.231 e. The van der Waals surface area contributed by atoms with Crippen LogP contribution in [0.25, 0.3) is 0 Å². The van der Waals surface area contributed by atoms with Gasteiger partial charge in [0.25, 0.3) is 0 Å². The number of piperidine rings is 1. The fourth-order valence-electron chi connectivity index (χ4n) is 3.49. The van der Waals surface area contributed by atoms with Crippen LogP contribution in [0.3, 0.4) is 0 Å². The maximum absolute atomic E-state index is 13.2. The van der Waals surface area contributed by atoms with Gasteiger partial charge in [-0.1, -0.05) is 31.8 Å². The largest absolute Gasteiger partial charge is 0.359 e. The number of halogens is 2. The van der Waals surface area contributed by atoms with Gasteiger partial charge in [0.15, 0.2) is 0 Å². The Bertz CT molecular complexity index is 835. The van der Waals surface area contributed by atoms with E-state index in [1.165, 1.54) is 12.1 Å². The lowest BCUT2D eigenvalue weighted by Crippen LogP contribution is -2.43. The van der Waals surface area contributed by atoms with Crippen LogP contribution in [0, 0.1) is 11.7 Å². The predicted molar refractivity (Wildman–Crippen MR) is 119 cm³/mol. The van der Waals surface area contributed by atoms with Crippen molar-refractivity contribution in [1.29, 1.82) is 0 Å². The molecule has 2 heterocycles. The topological polar surface area (TPSA) is 47.4 Å². The first-order chi connectivity index (χ1) is 13.7. The van der Waals surface area contributed by atoms with Gasteiger partial charge in [-0.05, 0) is 58.9 Å². The predicted octanol–water partition coefficient (Wildman–Crippen LogP) is 5.08.